The molecule has 2 fully saturated rings. The van der Waals surface area contributed by atoms with Crippen molar-refractivity contribution in [2.75, 3.05) is 11.1 Å². The number of thioether (sulfide) groups is 1. The molecule has 0 bridgehead atoms. The highest BCUT2D eigenvalue weighted by atomic mass is 32.2. The zero-order valence-electron chi connectivity index (χ0n) is 12.8. The van der Waals surface area contributed by atoms with E-state index >= 15 is 0 Å². The van der Waals surface area contributed by atoms with Crippen molar-refractivity contribution in [3.63, 3.8) is 0 Å². The molecule has 4 rings (SSSR count). The van der Waals surface area contributed by atoms with Gasteiger partial charge in [-0.25, -0.2) is 0 Å². The Bertz CT molecular complexity index is 809. The van der Waals surface area contributed by atoms with Gasteiger partial charge in [-0.15, -0.1) is 11.8 Å². The van der Waals surface area contributed by atoms with Crippen LogP contribution in [-0.2, 0) is 9.59 Å². The summed E-state index contributed by atoms with van der Waals surface area (Å²) in [5.41, 5.74) is 1.56. The number of amides is 2. The van der Waals surface area contributed by atoms with Gasteiger partial charge in [0.05, 0.1) is 22.3 Å². The molecule has 1 aromatic heterocycles. The van der Waals surface area contributed by atoms with Crippen LogP contribution in [0.2, 0.25) is 0 Å². The number of nitrogens with zero attached hydrogens (tertiary/aromatic N) is 2. The number of para-hydroxylation sites is 1. The Morgan fingerprint density at radius 3 is 3.13 bits per heavy atom. The van der Waals surface area contributed by atoms with Crippen molar-refractivity contribution in [1.29, 1.82) is 0 Å². The van der Waals surface area contributed by atoms with Gasteiger partial charge >= 0.3 is 0 Å². The minimum Gasteiger partial charge on any atom is -0.323 e. The second-order valence-corrected chi connectivity index (χ2v) is 7.67. The van der Waals surface area contributed by atoms with Gasteiger partial charge in [0.2, 0.25) is 11.8 Å². The van der Waals surface area contributed by atoms with Crippen LogP contribution in [0.5, 0.6) is 0 Å². The molecule has 1 aromatic carbocycles. The van der Waals surface area contributed by atoms with Crippen LogP contribution in [0.1, 0.15) is 19.8 Å². The molecule has 23 heavy (non-hydrogen) atoms. The lowest BCUT2D eigenvalue weighted by atomic mass is 10.2. The first kappa shape index (κ1) is 14.5. The Balaban J connectivity index is 1.56. The number of fused-ring (bicyclic) bond motifs is 2. The first-order valence-corrected chi connectivity index (χ1v) is 8.67. The molecule has 5 nitrogen and oxygen atoms in total. The summed E-state index contributed by atoms with van der Waals surface area (Å²) in [5, 5.41) is 3.90. The average molecular weight is 327 g/mol. The molecule has 0 aliphatic carbocycles. The maximum atomic E-state index is 12.6. The predicted octanol–water partition coefficient (Wildman–Crippen LogP) is 2.63. The maximum Gasteiger partial charge on any atom is 0.248 e. The second kappa shape index (κ2) is 5.23. The quantitative estimate of drug-likeness (QED) is 0.921. The monoisotopic (exact) mass is 327 g/mol. The Morgan fingerprint density at radius 2 is 2.26 bits per heavy atom. The average Bonchev–Trinajstić information content (AvgIpc) is 3.04. The summed E-state index contributed by atoms with van der Waals surface area (Å²) in [5.74, 6) is 0.595. The van der Waals surface area contributed by atoms with Gasteiger partial charge in [0.1, 0.15) is 6.04 Å². The molecule has 3 heterocycles. The molecule has 1 N–H and O–H groups in total. The number of hydrogen-bond acceptors (Lipinski definition) is 4. The summed E-state index contributed by atoms with van der Waals surface area (Å²) < 4.78 is 0. The number of carbonyl (C=O) groups is 2. The number of pyridine rings is 1. The third-order valence-corrected chi connectivity index (χ3v) is 6.11. The van der Waals surface area contributed by atoms with Crippen molar-refractivity contribution < 1.29 is 9.59 Å². The summed E-state index contributed by atoms with van der Waals surface area (Å²) in [6, 6.07) is 9.29. The molecule has 2 saturated heterocycles. The SMILES string of the molecule is CC12CCC(=O)N1C(C(=O)Nc1cnc3ccccc3c1)CS2. The van der Waals surface area contributed by atoms with Gasteiger partial charge < -0.3 is 10.2 Å². The zero-order valence-corrected chi connectivity index (χ0v) is 13.6. The van der Waals surface area contributed by atoms with E-state index in [0.29, 0.717) is 17.9 Å². The van der Waals surface area contributed by atoms with Gasteiger partial charge in [-0.05, 0) is 25.5 Å². The fraction of sp³-hybridized carbons (Fsp3) is 0.353. The van der Waals surface area contributed by atoms with Crippen LogP contribution in [0, 0.1) is 0 Å². The Morgan fingerprint density at radius 1 is 1.43 bits per heavy atom. The maximum absolute atomic E-state index is 12.6. The van der Waals surface area contributed by atoms with Crippen LogP contribution >= 0.6 is 11.8 Å². The summed E-state index contributed by atoms with van der Waals surface area (Å²) in [4.78, 5) is 30.7. The van der Waals surface area contributed by atoms with E-state index in [9.17, 15) is 9.59 Å². The summed E-state index contributed by atoms with van der Waals surface area (Å²) in [6.45, 7) is 2.05. The van der Waals surface area contributed by atoms with E-state index in [-0.39, 0.29) is 16.7 Å². The van der Waals surface area contributed by atoms with E-state index in [0.717, 1.165) is 17.3 Å². The van der Waals surface area contributed by atoms with Crippen molar-refractivity contribution >= 4 is 40.2 Å². The van der Waals surface area contributed by atoms with Crippen LogP contribution in [-0.4, -0.2) is 38.4 Å². The van der Waals surface area contributed by atoms with Crippen LogP contribution in [0.4, 0.5) is 5.69 Å². The molecule has 0 radical (unpaired) electrons. The normalized spacial score (nSPS) is 26.6. The molecule has 2 aliphatic heterocycles. The van der Waals surface area contributed by atoms with Crippen LogP contribution in [0.15, 0.2) is 36.5 Å². The lowest BCUT2D eigenvalue weighted by Crippen LogP contribution is -2.48. The minimum absolute atomic E-state index is 0.0780. The molecule has 2 amide bonds. The number of rotatable bonds is 2. The van der Waals surface area contributed by atoms with Crippen molar-refractivity contribution in [1.82, 2.24) is 9.88 Å². The number of anilines is 1. The van der Waals surface area contributed by atoms with Gasteiger partial charge in [0.25, 0.3) is 0 Å². The number of benzene rings is 1. The number of aromatic nitrogens is 1. The topological polar surface area (TPSA) is 62.3 Å². The molecule has 2 aliphatic rings. The molecule has 6 heteroatoms. The van der Waals surface area contributed by atoms with Gasteiger partial charge in [0, 0.05) is 17.6 Å². The molecule has 2 unspecified atom stereocenters. The van der Waals surface area contributed by atoms with Gasteiger partial charge in [0.15, 0.2) is 0 Å². The zero-order chi connectivity index (χ0) is 16.0. The first-order valence-electron chi connectivity index (χ1n) is 7.69. The van der Waals surface area contributed by atoms with Gasteiger partial charge in [-0.1, -0.05) is 18.2 Å². The Kier molecular flexibility index (Phi) is 3.30. The van der Waals surface area contributed by atoms with Crippen LogP contribution < -0.4 is 5.32 Å². The minimum atomic E-state index is -0.397. The standard InChI is InChI=1S/C17H17N3O2S/c1-17-7-6-15(21)20(17)14(10-23-17)16(22)19-12-8-11-4-2-3-5-13(11)18-9-12/h2-5,8-9,14H,6-7,10H2,1H3,(H,19,22). The second-order valence-electron chi connectivity index (χ2n) is 6.17. The fourth-order valence-corrected chi connectivity index (χ4v) is 4.81. The van der Waals surface area contributed by atoms with E-state index < -0.39 is 6.04 Å². The van der Waals surface area contributed by atoms with Crippen molar-refractivity contribution in [3.8, 4) is 0 Å². The highest BCUT2D eigenvalue weighted by molar-refractivity contribution is 8.01. The first-order chi connectivity index (χ1) is 11.1. The molecule has 0 spiro atoms. The van der Waals surface area contributed by atoms with Crippen LogP contribution in [0.25, 0.3) is 10.9 Å². The van der Waals surface area contributed by atoms with E-state index in [1.54, 1.807) is 22.9 Å². The predicted molar refractivity (Wildman–Crippen MR) is 91.1 cm³/mol. The molecule has 2 atom stereocenters. The third-order valence-electron chi connectivity index (χ3n) is 4.61. The van der Waals surface area contributed by atoms with Crippen molar-refractivity contribution in [3.05, 3.63) is 36.5 Å². The largest absolute Gasteiger partial charge is 0.323 e. The van der Waals surface area contributed by atoms with Crippen molar-refractivity contribution in [2.24, 2.45) is 0 Å². The number of carbonyl (C=O) groups excluding carboxylic acids is 2. The van der Waals surface area contributed by atoms with Crippen molar-refractivity contribution in [2.45, 2.75) is 30.7 Å². The van der Waals surface area contributed by atoms with E-state index in [2.05, 4.69) is 10.3 Å². The summed E-state index contributed by atoms with van der Waals surface area (Å²) in [6.07, 6.45) is 3.01. The number of nitrogens with one attached hydrogen (secondary N) is 1. The molecule has 118 valence electrons. The lowest BCUT2D eigenvalue weighted by Gasteiger charge is -2.29. The highest BCUT2D eigenvalue weighted by Gasteiger charge is 2.52. The van der Waals surface area contributed by atoms with E-state index in [4.69, 9.17) is 0 Å². The molecule has 2 aromatic rings. The lowest BCUT2D eigenvalue weighted by molar-refractivity contribution is -0.135. The molecular formula is C17H17N3O2S. The summed E-state index contributed by atoms with van der Waals surface area (Å²) >= 11 is 1.70. The Hall–Kier alpha value is -2.08. The molecule has 0 saturated carbocycles. The van der Waals surface area contributed by atoms with Gasteiger partial charge in [-0.3, -0.25) is 14.6 Å². The highest BCUT2D eigenvalue weighted by Crippen LogP contribution is 2.47. The van der Waals surface area contributed by atoms with E-state index in [1.165, 1.54) is 0 Å². The molecular weight excluding hydrogens is 310 g/mol. The fourth-order valence-electron chi connectivity index (χ4n) is 3.38. The Labute approximate surface area is 138 Å². The van der Waals surface area contributed by atoms with Crippen LogP contribution in [0.3, 0.4) is 0 Å². The summed E-state index contributed by atoms with van der Waals surface area (Å²) in [7, 11) is 0. The van der Waals surface area contributed by atoms with Gasteiger partial charge in [-0.2, -0.15) is 0 Å². The number of hydrogen-bond donors (Lipinski definition) is 1. The smallest absolute Gasteiger partial charge is 0.248 e. The third kappa shape index (κ3) is 2.37. The van der Waals surface area contributed by atoms with E-state index in [1.807, 2.05) is 37.3 Å².